The number of amides is 1. The number of ether oxygens (including phenoxy) is 1. The van der Waals surface area contributed by atoms with Gasteiger partial charge in [-0.1, -0.05) is 20.8 Å². The smallest absolute Gasteiger partial charge is 0.222 e. The fourth-order valence-corrected chi connectivity index (χ4v) is 3.86. The fraction of sp³-hybridized carbons (Fsp3) is 0.900. The van der Waals surface area contributed by atoms with Crippen LogP contribution in [-0.4, -0.2) is 86.2 Å². The number of likely N-dealkylation sites (tertiary alicyclic amines) is 1. The van der Waals surface area contributed by atoms with E-state index in [0.29, 0.717) is 18.4 Å². The second-order valence-corrected chi connectivity index (χ2v) is 7.97. The van der Waals surface area contributed by atoms with Gasteiger partial charge in [-0.2, -0.15) is 0 Å². The molecule has 2 saturated heterocycles. The van der Waals surface area contributed by atoms with Crippen LogP contribution in [0.5, 0.6) is 0 Å². The van der Waals surface area contributed by atoms with Crippen molar-refractivity contribution in [2.45, 2.75) is 59.0 Å². The third kappa shape index (κ3) is 7.30. The SMILES string of the molecule is CCNC(=NCC(CC(C)C)N1CCOCC1)NC1CCN(C(=O)CC)C1. The van der Waals surface area contributed by atoms with Crippen molar-refractivity contribution < 1.29 is 9.53 Å². The van der Waals surface area contributed by atoms with E-state index in [1.807, 2.05) is 11.8 Å². The molecule has 1 amide bonds. The summed E-state index contributed by atoms with van der Waals surface area (Å²) in [4.78, 5) is 21.3. The van der Waals surface area contributed by atoms with Crippen LogP contribution in [0.25, 0.3) is 0 Å². The second kappa shape index (κ2) is 11.5. The zero-order chi connectivity index (χ0) is 19.6. The molecule has 2 fully saturated rings. The third-order valence-electron chi connectivity index (χ3n) is 5.29. The van der Waals surface area contributed by atoms with Crippen LogP contribution in [0.2, 0.25) is 0 Å². The summed E-state index contributed by atoms with van der Waals surface area (Å²) >= 11 is 0. The van der Waals surface area contributed by atoms with Gasteiger partial charge in [0.1, 0.15) is 0 Å². The molecule has 2 atom stereocenters. The summed E-state index contributed by atoms with van der Waals surface area (Å²) in [7, 11) is 0. The molecule has 0 bridgehead atoms. The Labute approximate surface area is 164 Å². The van der Waals surface area contributed by atoms with Gasteiger partial charge in [-0.15, -0.1) is 0 Å². The molecule has 0 aromatic rings. The van der Waals surface area contributed by atoms with E-state index < -0.39 is 0 Å². The lowest BCUT2D eigenvalue weighted by Gasteiger charge is -2.34. The Morgan fingerprint density at radius 2 is 1.96 bits per heavy atom. The van der Waals surface area contributed by atoms with Crippen molar-refractivity contribution in [3.8, 4) is 0 Å². The highest BCUT2D eigenvalue weighted by Crippen LogP contribution is 2.14. The lowest BCUT2D eigenvalue weighted by atomic mass is 10.0. The van der Waals surface area contributed by atoms with Crippen molar-refractivity contribution in [2.75, 3.05) is 52.5 Å². The number of nitrogens with one attached hydrogen (secondary N) is 2. The van der Waals surface area contributed by atoms with Crippen LogP contribution in [0.3, 0.4) is 0 Å². The molecule has 2 N–H and O–H groups in total. The maximum absolute atomic E-state index is 11.9. The lowest BCUT2D eigenvalue weighted by molar-refractivity contribution is -0.129. The Kier molecular flexibility index (Phi) is 9.34. The number of rotatable bonds is 8. The van der Waals surface area contributed by atoms with Crippen LogP contribution in [0.15, 0.2) is 4.99 Å². The molecule has 7 nitrogen and oxygen atoms in total. The molecule has 0 radical (unpaired) electrons. The van der Waals surface area contributed by atoms with Gasteiger partial charge in [0.05, 0.1) is 19.8 Å². The Balaban J connectivity index is 1.94. The van der Waals surface area contributed by atoms with Gasteiger partial charge in [-0.3, -0.25) is 14.7 Å². The molecule has 0 aromatic heterocycles. The van der Waals surface area contributed by atoms with Crippen LogP contribution in [-0.2, 0) is 9.53 Å². The van der Waals surface area contributed by atoms with Crippen molar-refractivity contribution in [2.24, 2.45) is 10.9 Å². The highest BCUT2D eigenvalue weighted by molar-refractivity contribution is 5.80. The van der Waals surface area contributed by atoms with Crippen LogP contribution in [0.4, 0.5) is 0 Å². The first-order valence-electron chi connectivity index (χ1n) is 10.7. The number of guanidine groups is 1. The van der Waals surface area contributed by atoms with Crippen molar-refractivity contribution in [1.82, 2.24) is 20.4 Å². The van der Waals surface area contributed by atoms with E-state index in [0.717, 1.165) is 71.3 Å². The first-order chi connectivity index (χ1) is 13.0. The number of hydrogen-bond acceptors (Lipinski definition) is 4. The minimum atomic E-state index is 0.241. The van der Waals surface area contributed by atoms with Gasteiger partial charge in [0.15, 0.2) is 5.96 Å². The van der Waals surface area contributed by atoms with Gasteiger partial charge in [-0.25, -0.2) is 0 Å². The average Bonchev–Trinajstić information content (AvgIpc) is 3.13. The molecule has 2 unspecified atom stereocenters. The molecule has 0 aliphatic carbocycles. The standard InChI is InChI=1S/C20H39N5O2/c1-5-19(26)25-8-7-17(15-25)23-20(21-6-2)22-14-18(13-16(3)4)24-9-11-27-12-10-24/h16-18H,5-15H2,1-4H3,(H2,21,22,23). The summed E-state index contributed by atoms with van der Waals surface area (Å²) in [5, 5.41) is 6.91. The highest BCUT2D eigenvalue weighted by Gasteiger charge is 2.26. The molecule has 0 aromatic carbocycles. The predicted octanol–water partition coefficient (Wildman–Crippen LogP) is 1.30. The predicted molar refractivity (Wildman–Crippen MR) is 110 cm³/mol. The van der Waals surface area contributed by atoms with Crippen molar-refractivity contribution in [3.63, 3.8) is 0 Å². The van der Waals surface area contributed by atoms with Crippen molar-refractivity contribution >= 4 is 11.9 Å². The van der Waals surface area contributed by atoms with Crippen LogP contribution in [0, 0.1) is 5.92 Å². The maximum Gasteiger partial charge on any atom is 0.222 e. The van der Waals surface area contributed by atoms with E-state index in [2.05, 4.69) is 36.3 Å². The minimum absolute atomic E-state index is 0.241. The van der Waals surface area contributed by atoms with Crippen LogP contribution in [0.1, 0.15) is 47.0 Å². The van der Waals surface area contributed by atoms with Crippen LogP contribution >= 0.6 is 0 Å². The average molecular weight is 382 g/mol. The van der Waals surface area contributed by atoms with Gasteiger partial charge < -0.3 is 20.3 Å². The molecular formula is C20H39N5O2. The Hall–Kier alpha value is -1.34. The Morgan fingerprint density at radius 3 is 2.59 bits per heavy atom. The number of morpholine rings is 1. The molecule has 0 spiro atoms. The topological polar surface area (TPSA) is 69.2 Å². The summed E-state index contributed by atoms with van der Waals surface area (Å²) < 4.78 is 5.51. The maximum atomic E-state index is 11.9. The molecule has 0 saturated carbocycles. The summed E-state index contributed by atoms with van der Waals surface area (Å²) in [6.45, 7) is 15.4. The molecule has 2 aliphatic rings. The third-order valence-corrected chi connectivity index (χ3v) is 5.29. The van der Waals surface area contributed by atoms with E-state index in [9.17, 15) is 4.79 Å². The number of nitrogens with zero attached hydrogens (tertiary/aromatic N) is 3. The number of aliphatic imine (C=N–C) groups is 1. The highest BCUT2D eigenvalue weighted by atomic mass is 16.5. The van der Waals surface area contributed by atoms with E-state index >= 15 is 0 Å². The van der Waals surface area contributed by atoms with E-state index in [1.54, 1.807) is 0 Å². The number of hydrogen-bond donors (Lipinski definition) is 2. The first kappa shape index (κ1) is 22.0. The summed E-state index contributed by atoms with van der Waals surface area (Å²) in [6.07, 6.45) is 2.71. The fourth-order valence-electron chi connectivity index (χ4n) is 3.86. The molecule has 7 heteroatoms. The molecule has 156 valence electrons. The molecule has 2 rings (SSSR count). The molecular weight excluding hydrogens is 342 g/mol. The van der Waals surface area contributed by atoms with Crippen LogP contribution < -0.4 is 10.6 Å². The van der Waals surface area contributed by atoms with Gasteiger partial charge in [-0.05, 0) is 25.7 Å². The van der Waals surface area contributed by atoms with Gasteiger partial charge in [0.25, 0.3) is 0 Å². The molecule has 2 heterocycles. The Morgan fingerprint density at radius 1 is 1.22 bits per heavy atom. The van der Waals surface area contributed by atoms with E-state index in [-0.39, 0.29) is 11.9 Å². The normalized spacial score (nSPS) is 22.9. The summed E-state index contributed by atoms with van der Waals surface area (Å²) in [5.74, 6) is 1.76. The summed E-state index contributed by atoms with van der Waals surface area (Å²) in [6, 6.07) is 0.733. The van der Waals surface area contributed by atoms with Gasteiger partial charge >= 0.3 is 0 Å². The quantitative estimate of drug-likeness (QED) is 0.490. The monoisotopic (exact) mass is 381 g/mol. The minimum Gasteiger partial charge on any atom is -0.379 e. The zero-order valence-corrected chi connectivity index (χ0v) is 17.7. The van der Waals surface area contributed by atoms with Crippen molar-refractivity contribution in [1.29, 1.82) is 0 Å². The number of carbonyl (C=O) groups excluding carboxylic acids is 1. The van der Waals surface area contributed by atoms with E-state index in [4.69, 9.17) is 9.73 Å². The zero-order valence-electron chi connectivity index (χ0n) is 17.7. The number of carbonyl (C=O) groups is 1. The first-order valence-corrected chi connectivity index (χ1v) is 10.7. The summed E-state index contributed by atoms with van der Waals surface area (Å²) in [5.41, 5.74) is 0. The van der Waals surface area contributed by atoms with E-state index in [1.165, 1.54) is 0 Å². The molecule has 2 aliphatic heterocycles. The second-order valence-electron chi connectivity index (χ2n) is 7.97. The lowest BCUT2D eigenvalue weighted by Crippen LogP contribution is -2.48. The molecule has 27 heavy (non-hydrogen) atoms. The van der Waals surface area contributed by atoms with Crippen molar-refractivity contribution in [3.05, 3.63) is 0 Å². The largest absolute Gasteiger partial charge is 0.379 e. The Bertz CT molecular complexity index is 477. The van der Waals surface area contributed by atoms with Gasteiger partial charge in [0.2, 0.25) is 5.91 Å². The van der Waals surface area contributed by atoms with Gasteiger partial charge in [0, 0.05) is 51.2 Å².